The van der Waals surface area contributed by atoms with Crippen molar-refractivity contribution in [2.75, 3.05) is 0 Å². The minimum atomic E-state index is -1.66. The lowest BCUT2D eigenvalue weighted by atomic mass is 9.93. The number of amides is 1. The third-order valence-electron chi connectivity index (χ3n) is 4.26. The molecule has 0 spiro atoms. The van der Waals surface area contributed by atoms with Gasteiger partial charge in [-0.1, -0.05) is 26.0 Å². The van der Waals surface area contributed by atoms with Crippen LogP contribution in [0.2, 0.25) is 0 Å². The number of aliphatic hydroxyl groups is 1. The second-order valence-electron chi connectivity index (χ2n) is 6.63. The summed E-state index contributed by atoms with van der Waals surface area (Å²) in [6, 6.07) is 9.23. The van der Waals surface area contributed by atoms with Crippen molar-refractivity contribution < 1.29 is 19.7 Å². The first-order valence-corrected chi connectivity index (χ1v) is 8.25. The highest BCUT2D eigenvalue weighted by molar-refractivity contribution is 5.77. The summed E-state index contributed by atoms with van der Waals surface area (Å²) in [5.41, 5.74) is 10.2. The lowest BCUT2D eigenvalue weighted by Crippen LogP contribution is -2.33. The Labute approximate surface area is 148 Å². The second-order valence-corrected chi connectivity index (χ2v) is 6.63. The van der Waals surface area contributed by atoms with E-state index >= 15 is 0 Å². The summed E-state index contributed by atoms with van der Waals surface area (Å²) in [7, 11) is 0. The van der Waals surface area contributed by atoms with Crippen molar-refractivity contribution in [3.05, 3.63) is 58.1 Å². The Morgan fingerprint density at radius 2 is 1.76 bits per heavy atom. The van der Waals surface area contributed by atoms with Crippen molar-refractivity contribution in [3.63, 3.8) is 0 Å². The SMILES string of the molecule is Cc1cc(OC(O)C(N)=O)cc(C)c1Cc1ccc(O)c(C(C)C)c1. The molecule has 4 N–H and O–H groups in total. The van der Waals surface area contributed by atoms with Gasteiger partial charge in [-0.2, -0.15) is 0 Å². The average Bonchev–Trinajstić information content (AvgIpc) is 2.52. The number of carbonyl (C=O) groups is 1. The van der Waals surface area contributed by atoms with Gasteiger partial charge in [0.25, 0.3) is 12.2 Å². The van der Waals surface area contributed by atoms with Gasteiger partial charge >= 0.3 is 0 Å². The molecule has 0 aliphatic carbocycles. The predicted octanol–water partition coefficient (Wildman–Crippen LogP) is 2.91. The molecule has 0 saturated carbocycles. The summed E-state index contributed by atoms with van der Waals surface area (Å²) in [6.07, 6.45) is -0.939. The van der Waals surface area contributed by atoms with Gasteiger partial charge in [-0.3, -0.25) is 4.79 Å². The van der Waals surface area contributed by atoms with Gasteiger partial charge in [-0.25, -0.2) is 0 Å². The number of benzene rings is 2. The Morgan fingerprint density at radius 1 is 1.16 bits per heavy atom. The topological polar surface area (TPSA) is 92.8 Å². The highest BCUT2D eigenvalue weighted by atomic mass is 16.6. The number of aliphatic hydroxyl groups excluding tert-OH is 1. The molecule has 25 heavy (non-hydrogen) atoms. The van der Waals surface area contributed by atoms with E-state index in [0.29, 0.717) is 11.5 Å². The predicted molar refractivity (Wildman–Crippen MR) is 96.7 cm³/mol. The number of phenols is 1. The lowest BCUT2D eigenvalue weighted by Gasteiger charge is -2.16. The molecular weight excluding hydrogens is 318 g/mol. The molecule has 5 nitrogen and oxygen atoms in total. The maximum absolute atomic E-state index is 10.9. The first kappa shape index (κ1) is 18.8. The van der Waals surface area contributed by atoms with E-state index in [0.717, 1.165) is 34.2 Å². The molecule has 0 bridgehead atoms. The van der Waals surface area contributed by atoms with E-state index < -0.39 is 12.2 Å². The van der Waals surface area contributed by atoms with Crippen LogP contribution in [0.3, 0.4) is 0 Å². The van der Waals surface area contributed by atoms with E-state index in [-0.39, 0.29) is 5.92 Å². The minimum absolute atomic E-state index is 0.244. The quantitative estimate of drug-likeness (QED) is 0.703. The molecule has 0 radical (unpaired) electrons. The molecule has 0 heterocycles. The summed E-state index contributed by atoms with van der Waals surface area (Å²) in [6.45, 7) is 8.00. The number of aromatic hydroxyl groups is 1. The van der Waals surface area contributed by atoms with Gasteiger partial charge in [0.15, 0.2) is 0 Å². The van der Waals surface area contributed by atoms with E-state index in [1.165, 1.54) is 0 Å². The van der Waals surface area contributed by atoms with Gasteiger partial charge < -0.3 is 20.7 Å². The Morgan fingerprint density at radius 3 is 2.28 bits per heavy atom. The third-order valence-corrected chi connectivity index (χ3v) is 4.26. The molecule has 0 fully saturated rings. The zero-order valence-corrected chi connectivity index (χ0v) is 15.0. The van der Waals surface area contributed by atoms with Crippen LogP contribution in [-0.4, -0.2) is 22.4 Å². The number of hydrogen-bond acceptors (Lipinski definition) is 4. The summed E-state index contributed by atoms with van der Waals surface area (Å²) in [4.78, 5) is 10.9. The van der Waals surface area contributed by atoms with Gasteiger partial charge in [-0.15, -0.1) is 0 Å². The fourth-order valence-corrected chi connectivity index (χ4v) is 2.87. The molecule has 2 aromatic rings. The summed E-state index contributed by atoms with van der Waals surface area (Å²) in [5.74, 6) is 0.0351. The Hall–Kier alpha value is -2.53. The molecule has 0 aliphatic rings. The standard InChI is InChI=1S/C20H25NO4/c1-11(2)16-9-14(5-6-18(16)22)10-17-12(3)7-15(8-13(17)4)25-20(24)19(21)23/h5-9,11,20,22,24H,10H2,1-4H3,(H2,21,23). The number of hydrogen-bond donors (Lipinski definition) is 3. The van der Waals surface area contributed by atoms with Gasteiger partial charge in [0.1, 0.15) is 11.5 Å². The second kappa shape index (κ2) is 7.57. The van der Waals surface area contributed by atoms with Crippen LogP contribution in [0.25, 0.3) is 0 Å². The molecule has 0 aliphatic heterocycles. The third kappa shape index (κ3) is 4.51. The van der Waals surface area contributed by atoms with Crippen LogP contribution in [-0.2, 0) is 11.2 Å². The first-order chi connectivity index (χ1) is 11.7. The van der Waals surface area contributed by atoms with Crippen molar-refractivity contribution in [2.45, 2.75) is 46.3 Å². The smallest absolute Gasteiger partial charge is 0.286 e. The minimum Gasteiger partial charge on any atom is -0.508 e. The highest BCUT2D eigenvalue weighted by Gasteiger charge is 2.15. The Balaban J connectivity index is 2.29. The molecule has 2 aromatic carbocycles. The Kier molecular flexibility index (Phi) is 5.69. The molecule has 1 atom stereocenters. The molecule has 0 aromatic heterocycles. The number of phenolic OH excluding ortho intramolecular Hbond substituents is 1. The molecule has 1 unspecified atom stereocenters. The number of primary amides is 1. The molecule has 5 heteroatoms. The van der Waals surface area contributed by atoms with Crippen LogP contribution in [0.4, 0.5) is 0 Å². The zero-order chi connectivity index (χ0) is 18.7. The van der Waals surface area contributed by atoms with Crippen molar-refractivity contribution >= 4 is 5.91 Å². The van der Waals surface area contributed by atoms with Crippen molar-refractivity contribution in [1.29, 1.82) is 0 Å². The zero-order valence-electron chi connectivity index (χ0n) is 15.0. The van der Waals surface area contributed by atoms with Gasteiger partial charge in [0.05, 0.1) is 0 Å². The maximum atomic E-state index is 10.9. The Bertz CT molecular complexity index is 760. The van der Waals surface area contributed by atoms with Crippen LogP contribution in [0.15, 0.2) is 30.3 Å². The van der Waals surface area contributed by atoms with Crippen LogP contribution < -0.4 is 10.5 Å². The number of aryl methyl sites for hydroxylation is 2. The fourth-order valence-electron chi connectivity index (χ4n) is 2.87. The summed E-state index contributed by atoms with van der Waals surface area (Å²) < 4.78 is 5.16. The molecule has 2 rings (SSSR count). The van der Waals surface area contributed by atoms with Crippen LogP contribution in [0.1, 0.15) is 47.6 Å². The van der Waals surface area contributed by atoms with Crippen LogP contribution in [0.5, 0.6) is 11.5 Å². The molecule has 134 valence electrons. The van der Waals surface area contributed by atoms with E-state index in [2.05, 4.69) is 0 Å². The van der Waals surface area contributed by atoms with Crippen molar-refractivity contribution in [1.82, 2.24) is 0 Å². The van der Waals surface area contributed by atoms with Gasteiger partial charge in [-0.05, 0) is 72.2 Å². The normalized spacial score (nSPS) is 12.2. The van der Waals surface area contributed by atoms with Crippen molar-refractivity contribution in [2.24, 2.45) is 5.73 Å². The van der Waals surface area contributed by atoms with Gasteiger partial charge in [0.2, 0.25) is 0 Å². The van der Waals surface area contributed by atoms with Crippen LogP contribution >= 0.6 is 0 Å². The van der Waals surface area contributed by atoms with E-state index in [1.54, 1.807) is 18.2 Å². The average molecular weight is 343 g/mol. The lowest BCUT2D eigenvalue weighted by molar-refractivity contribution is -0.139. The van der Waals surface area contributed by atoms with E-state index in [1.807, 2.05) is 39.8 Å². The van der Waals surface area contributed by atoms with E-state index in [4.69, 9.17) is 10.5 Å². The number of ether oxygens (including phenoxy) is 1. The molecule has 1 amide bonds. The maximum Gasteiger partial charge on any atom is 0.286 e. The highest BCUT2D eigenvalue weighted by Crippen LogP contribution is 2.29. The van der Waals surface area contributed by atoms with Gasteiger partial charge in [0, 0.05) is 0 Å². The largest absolute Gasteiger partial charge is 0.508 e. The molecule has 0 saturated heterocycles. The monoisotopic (exact) mass is 343 g/mol. The number of carbonyl (C=O) groups excluding carboxylic acids is 1. The first-order valence-electron chi connectivity index (χ1n) is 8.25. The van der Waals surface area contributed by atoms with Crippen molar-refractivity contribution in [3.8, 4) is 11.5 Å². The number of rotatable bonds is 6. The fraction of sp³-hybridized carbons (Fsp3) is 0.350. The molecular formula is C20H25NO4. The summed E-state index contributed by atoms with van der Waals surface area (Å²) in [5, 5.41) is 19.4. The van der Waals surface area contributed by atoms with E-state index in [9.17, 15) is 15.0 Å². The number of nitrogens with two attached hydrogens (primary N) is 1. The van der Waals surface area contributed by atoms with Crippen LogP contribution in [0, 0.1) is 13.8 Å². The summed E-state index contributed by atoms with van der Waals surface area (Å²) >= 11 is 0.